The van der Waals surface area contributed by atoms with Gasteiger partial charge in [-0.15, -0.1) is 0 Å². The minimum atomic E-state index is 0.797. The van der Waals surface area contributed by atoms with E-state index in [0.29, 0.717) is 0 Å². The quantitative estimate of drug-likeness (QED) is 0.739. The van der Waals surface area contributed by atoms with Crippen LogP contribution in [0.2, 0.25) is 0 Å². The van der Waals surface area contributed by atoms with E-state index in [2.05, 4.69) is 28.8 Å². The maximum atomic E-state index is 4.22. The third-order valence-corrected chi connectivity index (χ3v) is 1.74. The molecule has 86 valence electrons. The molecule has 0 radical (unpaired) electrons. The van der Waals surface area contributed by atoms with Crippen LogP contribution < -0.4 is 0 Å². The summed E-state index contributed by atoms with van der Waals surface area (Å²) >= 11 is 0. The summed E-state index contributed by atoms with van der Waals surface area (Å²) in [6, 6.07) is 0. The molecule has 2 aromatic rings. The SMILES string of the molecule is CCC.Cc1cnc(-n2cnc(C)c2)cn1. The van der Waals surface area contributed by atoms with Crippen LogP contribution in [-0.2, 0) is 0 Å². The summed E-state index contributed by atoms with van der Waals surface area (Å²) in [5, 5.41) is 0. The van der Waals surface area contributed by atoms with E-state index in [1.807, 2.05) is 24.6 Å². The Bertz CT molecular complexity index is 417. The van der Waals surface area contributed by atoms with Gasteiger partial charge in [-0.3, -0.25) is 9.55 Å². The standard InChI is InChI=1S/C9H10N4.C3H8/c1-7-3-11-9(4-10-7)13-5-8(2)12-6-13;1-3-2/h3-6H,1-2H3;3H2,1-2H3. The Hall–Kier alpha value is -1.71. The van der Waals surface area contributed by atoms with Gasteiger partial charge in [0.2, 0.25) is 0 Å². The van der Waals surface area contributed by atoms with Gasteiger partial charge in [-0.2, -0.15) is 0 Å². The first-order valence-corrected chi connectivity index (χ1v) is 5.47. The second-order valence-electron chi connectivity index (χ2n) is 3.65. The second kappa shape index (κ2) is 6.00. The van der Waals surface area contributed by atoms with Gasteiger partial charge in [0.15, 0.2) is 5.82 Å². The largest absolute Gasteiger partial charge is 0.289 e. The lowest BCUT2D eigenvalue weighted by atomic mass is 10.5. The predicted molar refractivity (Wildman–Crippen MR) is 64.6 cm³/mol. The number of imidazole rings is 1. The maximum Gasteiger partial charge on any atom is 0.156 e. The highest BCUT2D eigenvalue weighted by atomic mass is 15.1. The van der Waals surface area contributed by atoms with Crippen LogP contribution in [0.25, 0.3) is 5.82 Å². The van der Waals surface area contributed by atoms with Crippen molar-refractivity contribution < 1.29 is 0 Å². The van der Waals surface area contributed by atoms with Crippen molar-refractivity contribution in [1.29, 1.82) is 0 Å². The first-order chi connectivity index (χ1) is 7.67. The van der Waals surface area contributed by atoms with Crippen LogP contribution in [0.5, 0.6) is 0 Å². The summed E-state index contributed by atoms with van der Waals surface area (Å²) in [4.78, 5) is 12.5. The zero-order valence-electron chi connectivity index (χ0n) is 10.3. The van der Waals surface area contributed by atoms with Gasteiger partial charge in [0.05, 0.1) is 23.8 Å². The van der Waals surface area contributed by atoms with Crippen molar-refractivity contribution in [3.05, 3.63) is 36.3 Å². The molecule has 0 fully saturated rings. The van der Waals surface area contributed by atoms with E-state index in [1.54, 1.807) is 18.7 Å². The molecule has 2 rings (SSSR count). The molecule has 0 aliphatic rings. The molecule has 0 aliphatic heterocycles. The first-order valence-electron chi connectivity index (χ1n) is 5.47. The number of aryl methyl sites for hydroxylation is 2. The van der Waals surface area contributed by atoms with Crippen molar-refractivity contribution in [3.8, 4) is 5.82 Å². The number of nitrogens with zero attached hydrogens (tertiary/aromatic N) is 4. The Morgan fingerprint density at radius 3 is 2.12 bits per heavy atom. The van der Waals surface area contributed by atoms with Gasteiger partial charge in [0, 0.05) is 6.20 Å². The number of rotatable bonds is 1. The lowest BCUT2D eigenvalue weighted by Gasteiger charge is -1.98. The zero-order valence-corrected chi connectivity index (χ0v) is 10.3. The second-order valence-corrected chi connectivity index (χ2v) is 3.65. The van der Waals surface area contributed by atoms with Crippen LogP contribution in [0.4, 0.5) is 0 Å². The Morgan fingerprint density at radius 2 is 1.69 bits per heavy atom. The molecule has 0 saturated heterocycles. The molecule has 0 N–H and O–H groups in total. The predicted octanol–water partition coefficient (Wildman–Crippen LogP) is 2.70. The number of hydrogen-bond donors (Lipinski definition) is 0. The summed E-state index contributed by atoms with van der Waals surface area (Å²) in [6.07, 6.45) is 8.37. The number of aromatic nitrogens is 4. The smallest absolute Gasteiger partial charge is 0.156 e. The Balaban J connectivity index is 0.000000386. The van der Waals surface area contributed by atoms with E-state index in [4.69, 9.17) is 0 Å². The molecule has 0 atom stereocenters. The Labute approximate surface area is 96.4 Å². The fraction of sp³-hybridized carbons (Fsp3) is 0.417. The third-order valence-electron chi connectivity index (χ3n) is 1.74. The van der Waals surface area contributed by atoms with Crippen molar-refractivity contribution in [2.24, 2.45) is 0 Å². The van der Waals surface area contributed by atoms with Crippen LogP contribution in [-0.4, -0.2) is 19.5 Å². The summed E-state index contributed by atoms with van der Waals surface area (Å²) in [5.74, 6) is 0.797. The highest BCUT2D eigenvalue weighted by Gasteiger charge is 1.98. The average Bonchev–Trinajstić information content (AvgIpc) is 2.67. The minimum Gasteiger partial charge on any atom is -0.289 e. The molecule has 0 unspecified atom stereocenters. The van der Waals surface area contributed by atoms with Gasteiger partial charge >= 0.3 is 0 Å². The molecule has 16 heavy (non-hydrogen) atoms. The lowest BCUT2D eigenvalue weighted by Crippen LogP contribution is -1.95. The van der Waals surface area contributed by atoms with Crippen LogP contribution >= 0.6 is 0 Å². The fourth-order valence-corrected chi connectivity index (χ4v) is 1.07. The fourth-order valence-electron chi connectivity index (χ4n) is 1.07. The van der Waals surface area contributed by atoms with Crippen molar-refractivity contribution in [2.75, 3.05) is 0 Å². The topological polar surface area (TPSA) is 43.6 Å². The summed E-state index contributed by atoms with van der Waals surface area (Å²) in [7, 11) is 0. The van der Waals surface area contributed by atoms with Gasteiger partial charge in [-0.25, -0.2) is 9.97 Å². The normalized spacial score (nSPS) is 9.50. The molecule has 0 saturated carbocycles. The molecular weight excluding hydrogens is 200 g/mol. The molecule has 2 heterocycles. The molecule has 4 heteroatoms. The van der Waals surface area contributed by atoms with Gasteiger partial charge < -0.3 is 0 Å². The summed E-state index contributed by atoms with van der Waals surface area (Å²) in [5.41, 5.74) is 1.89. The van der Waals surface area contributed by atoms with Crippen LogP contribution in [0.15, 0.2) is 24.9 Å². The third kappa shape index (κ3) is 3.46. The Kier molecular flexibility index (Phi) is 4.64. The lowest BCUT2D eigenvalue weighted by molar-refractivity contribution is 0.956. The van der Waals surface area contributed by atoms with E-state index >= 15 is 0 Å². The van der Waals surface area contributed by atoms with Crippen molar-refractivity contribution in [1.82, 2.24) is 19.5 Å². The summed E-state index contributed by atoms with van der Waals surface area (Å²) < 4.78 is 1.85. The molecule has 4 nitrogen and oxygen atoms in total. The van der Waals surface area contributed by atoms with Crippen LogP contribution in [0.3, 0.4) is 0 Å². The van der Waals surface area contributed by atoms with Gasteiger partial charge in [0.25, 0.3) is 0 Å². The van der Waals surface area contributed by atoms with Crippen LogP contribution in [0.1, 0.15) is 31.7 Å². The van der Waals surface area contributed by atoms with E-state index in [-0.39, 0.29) is 0 Å². The van der Waals surface area contributed by atoms with Crippen molar-refractivity contribution in [2.45, 2.75) is 34.1 Å². The molecule has 2 aromatic heterocycles. The highest BCUT2D eigenvalue weighted by molar-refractivity contribution is 5.19. The van der Waals surface area contributed by atoms with E-state index in [0.717, 1.165) is 17.2 Å². The average molecular weight is 218 g/mol. The Morgan fingerprint density at radius 1 is 1.00 bits per heavy atom. The molecule has 0 aliphatic carbocycles. The van der Waals surface area contributed by atoms with Crippen LogP contribution in [0, 0.1) is 13.8 Å². The summed E-state index contributed by atoms with van der Waals surface area (Å²) in [6.45, 7) is 8.11. The molecule has 0 spiro atoms. The molecular formula is C12H18N4. The van der Waals surface area contributed by atoms with Gasteiger partial charge in [-0.1, -0.05) is 20.3 Å². The molecule has 0 amide bonds. The molecule has 0 aromatic carbocycles. The van der Waals surface area contributed by atoms with Crippen molar-refractivity contribution in [3.63, 3.8) is 0 Å². The number of hydrogen-bond acceptors (Lipinski definition) is 3. The first kappa shape index (κ1) is 12.4. The maximum absolute atomic E-state index is 4.22. The van der Waals surface area contributed by atoms with E-state index in [1.165, 1.54) is 6.42 Å². The van der Waals surface area contributed by atoms with Gasteiger partial charge in [0.1, 0.15) is 6.33 Å². The zero-order chi connectivity index (χ0) is 12.0. The van der Waals surface area contributed by atoms with E-state index in [9.17, 15) is 0 Å². The molecule has 0 bridgehead atoms. The highest BCUT2D eigenvalue weighted by Crippen LogP contribution is 2.03. The van der Waals surface area contributed by atoms with Crippen molar-refractivity contribution >= 4 is 0 Å². The monoisotopic (exact) mass is 218 g/mol. The van der Waals surface area contributed by atoms with E-state index < -0.39 is 0 Å². The minimum absolute atomic E-state index is 0.797. The van der Waals surface area contributed by atoms with Gasteiger partial charge in [-0.05, 0) is 13.8 Å².